The Balaban J connectivity index is 2.27. The van der Waals surface area contributed by atoms with Crippen molar-refractivity contribution >= 4 is 27.3 Å². The molecule has 0 aromatic heterocycles. The van der Waals surface area contributed by atoms with Gasteiger partial charge in [0.2, 0.25) is 15.9 Å². The molecule has 0 aliphatic rings. The van der Waals surface area contributed by atoms with E-state index in [-0.39, 0.29) is 12.3 Å². The zero-order valence-corrected chi connectivity index (χ0v) is 16.2. The third-order valence-electron chi connectivity index (χ3n) is 3.72. The number of nitrogens with zero attached hydrogens (tertiary/aromatic N) is 1. The Labute approximate surface area is 162 Å². The minimum Gasteiger partial charge on any atom is -0.489 e. The van der Waals surface area contributed by atoms with Crippen LogP contribution in [0.1, 0.15) is 6.92 Å². The van der Waals surface area contributed by atoms with Crippen LogP contribution in [-0.4, -0.2) is 33.2 Å². The third kappa shape index (κ3) is 5.29. The lowest BCUT2D eigenvalue weighted by Gasteiger charge is -2.28. The lowest BCUT2D eigenvalue weighted by molar-refractivity contribution is -0.116. The van der Waals surface area contributed by atoms with Crippen molar-refractivity contribution in [3.63, 3.8) is 0 Å². The van der Waals surface area contributed by atoms with Crippen LogP contribution >= 0.6 is 0 Å². The molecule has 0 aliphatic carbocycles. The quantitative estimate of drug-likeness (QED) is 0.678. The smallest absolute Gasteiger partial charge is 0.247 e. The SMILES string of the molecule is C=CCOc1cccc(NC(=O)[C@@H](C)N(c2ccc(F)c(F)c2)S(C)(=O)=O)c1. The number of hydrogen-bond donors (Lipinski definition) is 1. The number of ether oxygens (including phenoxy) is 1. The molecular weight excluding hydrogens is 390 g/mol. The molecule has 6 nitrogen and oxygen atoms in total. The zero-order valence-electron chi connectivity index (χ0n) is 15.4. The molecule has 0 saturated carbocycles. The highest BCUT2D eigenvalue weighted by Crippen LogP contribution is 2.24. The standard InChI is InChI=1S/C19H20F2N2O4S/c1-4-10-27-16-7-5-6-14(11-16)22-19(24)13(2)23(28(3,25)26)15-8-9-17(20)18(21)12-15/h4-9,11-13H,1,10H2,2-3H3,(H,22,24)/t13-/m1/s1. The van der Waals surface area contributed by atoms with Gasteiger partial charge in [0.15, 0.2) is 11.6 Å². The number of nitrogens with one attached hydrogen (secondary N) is 1. The first-order chi connectivity index (χ1) is 13.1. The van der Waals surface area contributed by atoms with Crippen LogP contribution in [0.3, 0.4) is 0 Å². The van der Waals surface area contributed by atoms with Crippen LogP contribution in [-0.2, 0) is 14.8 Å². The normalized spacial score (nSPS) is 12.1. The maximum absolute atomic E-state index is 13.6. The van der Waals surface area contributed by atoms with Crippen molar-refractivity contribution in [1.29, 1.82) is 0 Å². The lowest BCUT2D eigenvalue weighted by atomic mass is 10.2. The van der Waals surface area contributed by atoms with Crippen molar-refractivity contribution in [2.45, 2.75) is 13.0 Å². The number of amides is 1. The van der Waals surface area contributed by atoms with E-state index < -0.39 is 33.6 Å². The second-order valence-corrected chi connectivity index (χ2v) is 7.81. The van der Waals surface area contributed by atoms with Gasteiger partial charge in [-0.15, -0.1) is 0 Å². The zero-order chi connectivity index (χ0) is 20.9. The molecule has 2 aromatic rings. The van der Waals surface area contributed by atoms with Gasteiger partial charge in [-0.3, -0.25) is 9.10 Å². The van der Waals surface area contributed by atoms with Crippen LogP contribution in [0.15, 0.2) is 55.1 Å². The highest BCUT2D eigenvalue weighted by atomic mass is 32.2. The number of anilines is 2. The molecule has 0 fully saturated rings. The van der Waals surface area contributed by atoms with E-state index in [1.54, 1.807) is 30.3 Å². The monoisotopic (exact) mass is 410 g/mol. The first-order valence-electron chi connectivity index (χ1n) is 8.22. The summed E-state index contributed by atoms with van der Waals surface area (Å²) in [7, 11) is -3.96. The Hall–Kier alpha value is -2.94. The molecule has 0 aliphatic heterocycles. The average Bonchev–Trinajstić information content (AvgIpc) is 2.62. The molecule has 1 amide bonds. The van der Waals surface area contributed by atoms with Crippen LogP contribution in [0.5, 0.6) is 5.75 Å². The first kappa shape index (κ1) is 21.4. The summed E-state index contributed by atoms with van der Waals surface area (Å²) in [6, 6.07) is 7.90. The van der Waals surface area contributed by atoms with Gasteiger partial charge in [-0.2, -0.15) is 0 Å². The van der Waals surface area contributed by atoms with Gasteiger partial charge in [0.1, 0.15) is 18.4 Å². The summed E-state index contributed by atoms with van der Waals surface area (Å²) in [4.78, 5) is 12.6. The van der Waals surface area contributed by atoms with Gasteiger partial charge in [0.25, 0.3) is 0 Å². The number of carbonyl (C=O) groups excluding carboxylic acids is 1. The van der Waals surface area contributed by atoms with Crippen molar-refractivity contribution in [1.82, 2.24) is 0 Å². The Kier molecular flexibility index (Phi) is 6.74. The minimum absolute atomic E-state index is 0.160. The van der Waals surface area contributed by atoms with E-state index in [0.29, 0.717) is 11.4 Å². The number of sulfonamides is 1. The Morgan fingerprint density at radius 2 is 1.96 bits per heavy atom. The molecule has 2 aromatic carbocycles. The van der Waals surface area contributed by atoms with E-state index in [9.17, 15) is 22.0 Å². The van der Waals surface area contributed by atoms with Gasteiger partial charge in [-0.05, 0) is 31.2 Å². The van der Waals surface area contributed by atoms with Crippen LogP contribution < -0.4 is 14.4 Å². The maximum Gasteiger partial charge on any atom is 0.247 e. The molecule has 1 atom stereocenters. The summed E-state index contributed by atoms with van der Waals surface area (Å²) in [6.07, 6.45) is 2.45. The van der Waals surface area contributed by atoms with Gasteiger partial charge >= 0.3 is 0 Å². The molecule has 0 saturated heterocycles. The van der Waals surface area contributed by atoms with E-state index >= 15 is 0 Å². The van der Waals surface area contributed by atoms with Crippen LogP contribution in [0.2, 0.25) is 0 Å². The van der Waals surface area contributed by atoms with Crippen molar-refractivity contribution in [3.8, 4) is 5.75 Å². The highest BCUT2D eigenvalue weighted by Gasteiger charge is 2.29. The molecule has 9 heteroatoms. The molecule has 0 spiro atoms. The van der Waals surface area contributed by atoms with Gasteiger partial charge in [0.05, 0.1) is 11.9 Å². The number of rotatable bonds is 8. The fourth-order valence-electron chi connectivity index (χ4n) is 2.50. The van der Waals surface area contributed by atoms with Crippen LogP contribution in [0.25, 0.3) is 0 Å². The molecule has 0 radical (unpaired) electrons. The highest BCUT2D eigenvalue weighted by molar-refractivity contribution is 7.92. The van der Waals surface area contributed by atoms with Gasteiger partial charge in [-0.1, -0.05) is 18.7 Å². The molecule has 1 N–H and O–H groups in total. The number of carbonyl (C=O) groups is 1. The summed E-state index contributed by atoms with van der Waals surface area (Å²) < 4.78 is 57.3. The van der Waals surface area contributed by atoms with Gasteiger partial charge in [0, 0.05) is 17.8 Å². The van der Waals surface area contributed by atoms with E-state index in [2.05, 4.69) is 11.9 Å². The molecule has 0 unspecified atom stereocenters. The van der Waals surface area contributed by atoms with Crippen molar-refractivity contribution in [2.75, 3.05) is 22.5 Å². The fourth-order valence-corrected chi connectivity index (χ4v) is 3.66. The lowest BCUT2D eigenvalue weighted by Crippen LogP contribution is -2.45. The Bertz CT molecular complexity index is 980. The topological polar surface area (TPSA) is 75.7 Å². The number of benzene rings is 2. The van der Waals surface area contributed by atoms with E-state index in [1.807, 2.05) is 0 Å². The van der Waals surface area contributed by atoms with E-state index in [4.69, 9.17) is 4.74 Å². The molecule has 0 heterocycles. The molecule has 28 heavy (non-hydrogen) atoms. The second-order valence-electron chi connectivity index (χ2n) is 5.95. The maximum atomic E-state index is 13.6. The van der Waals surface area contributed by atoms with E-state index in [1.165, 1.54) is 6.92 Å². The fraction of sp³-hybridized carbons (Fsp3) is 0.211. The summed E-state index contributed by atoms with van der Waals surface area (Å²) in [5.41, 5.74) is 0.226. The first-order valence-corrected chi connectivity index (χ1v) is 10.1. The van der Waals surface area contributed by atoms with E-state index in [0.717, 1.165) is 28.8 Å². The second kappa shape index (κ2) is 8.83. The number of halogens is 2. The van der Waals surface area contributed by atoms with Crippen LogP contribution in [0.4, 0.5) is 20.2 Å². The summed E-state index contributed by atoms with van der Waals surface area (Å²) in [5.74, 6) is -2.50. The van der Waals surface area contributed by atoms with Crippen molar-refractivity contribution < 1.29 is 26.7 Å². The molecule has 150 valence electrons. The van der Waals surface area contributed by atoms with Gasteiger partial charge in [-0.25, -0.2) is 17.2 Å². The molecular formula is C19H20F2N2O4S. The minimum atomic E-state index is -3.96. The van der Waals surface area contributed by atoms with Gasteiger partial charge < -0.3 is 10.1 Å². The predicted octanol–water partition coefficient (Wildman–Crippen LogP) is 3.32. The summed E-state index contributed by atoms with van der Waals surface area (Å²) in [6.45, 7) is 5.17. The summed E-state index contributed by atoms with van der Waals surface area (Å²) >= 11 is 0. The van der Waals surface area contributed by atoms with Crippen molar-refractivity contribution in [2.24, 2.45) is 0 Å². The molecule has 0 bridgehead atoms. The summed E-state index contributed by atoms with van der Waals surface area (Å²) in [5, 5.41) is 2.59. The largest absolute Gasteiger partial charge is 0.489 e. The van der Waals surface area contributed by atoms with Crippen molar-refractivity contribution in [3.05, 3.63) is 66.8 Å². The Morgan fingerprint density at radius 1 is 1.25 bits per heavy atom. The number of hydrogen-bond acceptors (Lipinski definition) is 4. The Morgan fingerprint density at radius 3 is 2.57 bits per heavy atom. The molecule has 2 rings (SSSR count). The third-order valence-corrected chi connectivity index (χ3v) is 4.96. The predicted molar refractivity (Wildman–Crippen MR) is 104 cm³/mol. The van der Waals surface area contributed by atoms with Crippen LogP contribution in [0, 0.1) is 11.6 Å². The average molecular weight is 410 g/mol.